The van der Waals surface area contributed by atoms with Crippen molar-refractivity contribution in [3.05, 3.63) is 65.7 Å². The summed E-state index contributed by atoms with van der Waals surface area (Å²) in [5, 5.41) is 22.3. The fourth-order valence-electron chi connectivity index (χ4n) is 2.89. The maximum Gasteiger partial charge on any atom is 0.303 e. The van der Waals surface area contributed by atoms with E-state index in [1.54, 1.807) is 0 Å². The first kappa shape index (κ1) is 20.9. The van der Waals surface area contributed by atoms with Crippen LogP contribution in [0, 0.1) is 0 Å². The second-order valence-electron chi connectivity index (χ2n) is 7.03. The first-order valence-corrected chi connectivity index (χ1v) is 9.34. The molecule has 5 nitrogen and oxygen atoms in total. The van der Waals surface area contributed by atoms with E-state index in [9.17, 15) is 9.90 Å². The van der Waals surface area contributed by atoms with Crippen LogP contribution in [-0.4, -0.2) is 41.5 Å². The molecule has 146 valence electrons. The van der Waals surface area contributed by atoms with Crippen molar-refractivity contribution in [3.63, 3.8) is 0 Å². The summed E-state index contributed by atoms with van der Waals surface area (Å²) in [4.78, 5) is 10.8. The Kier molecular flexibility index (Phi) is 8.30. The highest BCUT2D eigenvalue weighted by Crippen LogP contribution is 2.19. The predicted molar refractivity (Wildman–Crippen MR) is 106 cm³/mol. The van der Waals surface area contributed by atoms with E-state index in [1.165, 1.54) is 5.56 Å². The Morgan fingerprint density at radius 2 is 1.74 bits per heavy atom. The van der Waals surface area contributed by atoms with Gasteiger partial charge in [-0.05, 0) is 42.5 Å². The first-order valence-electron chi connectivity index (χ1n) is 9.34. The number of hydrogen-bond donors (Lipinski definition) is 3. The van der Waals surface area contributed by atoms with E-state index in [-0.39, 0.29) is 25.0 Å². The number of ether oxygens (including phenoxy) is 1. The number of carbonyl (C=O) groups is 1. The van der Waals surface area contributed by atoms with E-state index in [2.05, 4.69) is 12.2 Å². The maximum atomic E-state index is 10.8. The lowest BCUT2D eigenvalue weighted by Gasteiger charge is -2.18. The minimum Gasteiger partial charge on any atom is -0.491 e. The van der Waals surface area contributed by atoms with Gasteiger partial charge in [-0.25, -0.2) is 0 Å². The molecule has 3 N–H and O–H groups in total. The maximum absolute atomic E-state index is 10.8. The van der Waals surface area contributed by atoms with Gasteiger partial charge in [0.05, 0.1) is 6.42 Å². The van der Waals surface area contributed by atoms with Crippen molar-refractivity contribution in [1.29, 1.82) is 0 Å². The third-order valence-corrected chi connectivity index (χ3v) is 4.46. The lowest BCUT2D eigenvalue weighted by molar-refractivity contribution is -0.137. The van der Waals surface area contributed by atoms with Crippen molar-refractivity contribution in [2.45, 2.75) is 44.8 Å². The zero-order valence-electron chi connectivity index (χ0n) is 16.0. The van der Waals surface area contributed by atoms with Crippen LogP contribution >= 0.6 is 0 Å². The Balaban J connectivity index is 1.71. The summed E-state index contributed by atoms with van der Waals surface area (Å²) in [6.45, 7) is 4.71. The average molecular weight is 371 g/mol. The smallest absolute Gasteiger partial charge is 0.303 e. The second-order valence-corrected chi connectivity index (χ2v) is 7.03. The zero-order chi connectivity index (χ0) is 19.6. The Morgan fingerprint density at radius 3 is 2.37 bits per heavy atom. The number of carboxylic acid groups (broad SMARTS) is 1. The minimum atomic E-state index is -0.779. The number of rotatable bonds is 11. The number of hydrogen-bond acceptors (Lipinski definition) is 4. The molecule has 0 aromatic heterocycles. The molecule has 3 atom stereocenters. The van der Waals surface area contributed by atoms with Gasteiger partial charge in [0.25, 0.3) is 0 Å². The third-order valence-electron chi connectivity index (χ3n) is 4.46. The molecule has 5 heteroatoms. The minimum absolute atomic E-state index is 0.00635. The number of aliphatic carboxylic acids is 1. The number of nitrogens with one attached hydrogen (secondary N) is 1. The molecule has 0 aliphatic heterocycles. The third kappa shape index (κ3) is 7.81. The van der Waals surface area contributed by atoms with Gasteiger partial charge in [0.2, 0.25) is 0 Å². The summed E-state index contributed by atoms with van der Waals surface area (Å²) < 4.78 is 5.55. The Hall–Kier alpha value is -2.37. The van der Waals surface area contributed by atoms with E-state index < -0.39 is 12.1 Å². The molecule has 0 bridgehead atoms. The lowest BCUT2D eigenvalue weighted by Crippen LogP contribution is -2.37. The van der Waals surface area contributed by atoms with E-state index >= 15 is 0 Å². The van der Waals surface area contributed by atoms with Crippen LogP contribution < -0.4 is 10.1 Å². The van der Waals surface area contributed by atoms with E-state index in [4.69, 9.17) is 9.84 Å². The second kappa shape index (κ2) is 10.7. The summed E-state index contributed by atoms with van der Waals surface area (Å²) in [6.07, 6.45) is 0.395. The number of aliphatic hydroxyl groups excluding tert-OH is 1. The standard InChI is InChI=1S/C22H29NO4/c1-16(12-22(25)26)19-10-8-18(9-11-19)13-17(2)23-14-20(24)15-27-21-6-4-3-5-7-21/h3-11,16-17,20,23-24H,12-15H2,1-2H3,(H,25,26)/t16?,17-,20+/m1/s1. The van der Waals surface area contributed by atoms with Crippen molar-refractivity contribution in [2.24, 2.45) is 0 Å². The van der Waals surface area contributed by atoms with Crippen LogP contribution in [0.4, 0.5) is 0 Å². The van der Waals surface area contributed by atoms with Gasteiger partial charge in [-0.15, -0.1) is 0 Å². The van der Waals surface area contributed by atoms with Crippen molar-refractivity contribution in [1.82, 2.24) is 5.32 Å². The van der Waals surface area contributed by atoms with E-state index in [1.807, 2.05) is 61.5 Å². The average Bonchev–Trinajstić information content (AvgIpc) is 2.65. The van der Waals surface area contributed by atoms with Gasteiger partial charge in [-0.1, -0.05) is 49.4 Å². The molecule has 0 spiro atoms. The van der Waals surface area contributed by atoms with Crippen LogP contribution in [0.25, 0.3) is 0 Å². The van der Waals surface area contributed by atoms with Gasteiger partial charge in [0.15, 0.2) is 0 Å². The molecule has 2 rings (SSSR count). The molecule has 0 aliphatic rings. The van der Waals surface area contributed by atoms with Gasteiger partial charge in [0.1, 0.15) is 18.5 Å². The van der Waals surface area contributed by atoms with Crippen LogP contribution in [-0.2, 0) is 11.2 Å². The molecule has 27 heavy (non-hydrogen) atoms. The van der Waals surface area contributed by atoms with E-state index in [0.717, 1.165) is 17.7 Å². The molecule has 2 aromatic carbocycles. The topological polar surface area (TPSA) is 78.8 Å². The Bertz CT molecular complexity index is 687. The summed E-state index contributed by atoms with van der Waals surface area (Å²) in [6, 6.07) is 17.7. The summed E-state index contributed by atoms with van der Waals surface area (Å²) >= 11 is 0. The SMILES string of the molecule is CC(CC(=O)O)c1ccc(C[C@@H](C)NC[C@H](O)COc2ccccc2)cc1. The quantitative estimate of drug-likeness (QED) is 0.565. The molecule has 0 saturated carbocycles. The monoisotopic (exact) mass is 371 g/mol. The number of carboxylic acids is 1. The van der Waals surface area contributed by atoms with Crippen molar-refractivity contribution in [2.75, 3.05) is 13.2 Å². The predicted octanol–water partition coefficient (Wildman–Crippen LogP) is 3.23. The highest BCUT2D eigenvalue weighted by atomic mass is 16.5. The summed E-state index contributed by atoms with van der Waals surface area (Å²) in [7, 11) is 0. The van der Waals surface area contributed by atoms with Gasteiger partial charge >= 0.3 is 5.97 Å². The highest BCUT2D eigenvalue weighted by molar-refractivity contribution is 5.67. The van der Waals surface area contributed by atoms with Crippen molar-refractivity contribution >= 4 is 5.97 Å². The molecule has 0 radical (unpaired) electrons. The highest BCUT2D eigenvalue weighted by Gasteiger charge is 2.11. The molecule has 2 aromatic rings. The van der Waals surface area contributed by atoms with Crippen LogP contribution in [0.2, 0.25) is 0 Å². The van der Waals surface area contributed by atoms with E-state index in [0.29, 0.717) is 6.54 Å². The van der Waals surface area contributed by atoms with Gasteiger partial charge in [0, 0.05) is 12.6 Å². The van der Waals surface area contributed by atoms with Crippen LogP contribution in [0.5, 0.6) is 5.75 Å². The van der Waals surface area contributed by atoms with Crippen LogP contribution in [0.1, 0.15) is 37.3 Å². The van der Waals surface area contributed by atoms with Crippen LogP contribution in [0.15, 0.2) is 54.6 Å². The number of aliphatic hydroxyl groups is 1. The fraction of sp³-hybridized carbons (Fsp3) is 0.409. The van der Waals surface area contributed by atoms with Gasteiger partial charge in [-0.3, -0.25) is 4.79 Å². The molecule has 0 saturated heterocycles. The molecular formula is C22H29NO4. The van der Waals surface area contributed by atoms with Gasteiger partial charge in [-0.2, -0.15) is 0 Å². The van der Waals surface area contributed by atoms with Crippen LogP contribution in [0.3, 0.4) is 0 Å². The number of benzene rings is 2. The molecule has 0 fully saturated rings. The first-order chi connectivity index (χ1) is 12.9. The zero-order valence-corrected chi connectivity index (χ0v) is 16.0. The fourth-order valence-corrected chi connectivity index (χ4v) is 2.89. The molecule has 0 heterocycles. The Labute approximate surface area is 161 Å². The number of para-hydroxylation sites is 1. The molecule has 0 amide bonds. The molecule has 1 unspecified atom stereocenters. The summed E-state index contributed by atoms with van der Waals surface area (Å²) in [5.41, 5.74) is 2.21. The van der Waals surface area contributed by atoms with Gasteiger partial charge < -0.3 is 20.3 Å². The molecule has 0 aliphatic carbocycles. The molecular weight excluding hydrogens is 342 g/mol. The normalized spacial score (nSPS) is 14.3. The van der Waals surface area contributed by atoms with Crippen molar-refractivity contribution in [3.8, 4) is 5.75 Å². The Morgan fingerprint density at radius 1 is 1.07 bits per heavy atom. The largest absolute Gasteiger partial charge is 0.491 e. The van der Waals surface area contributed by atoms with Crippen molar-refractivity contribution < 1.29 is 19.7 Å². The lowest BCUT2D eigenvalue weighted by atomic mass is 9.95. The summed E-state index contributed by atoms with van der Waals surface area (Å²) in [5.74, 6) is -0.0205.